The van der Waals surface area contributed by atoms with Gasteiger partial charge in [0.05, 0.1) is 6.67 Å². The molecule has 0 spiro atoms. The lowest BCUT2D eigenvalue weighted by atomic mass is 10.2. The van der Waals surface area contributed by atoms with Crippen molar-refractivity contribution in [2.24, 2.45) is 7.05 Å². The van der Waals surface area contributed by atoms with Gasteiger partial charge in [0.25, 0.3) is 0 Å². The second kappa shape index (κ2) is 7.54. The molecule has 0 atom stereocenters. The molecule has 0 N–H and O–H groups in total. The first-order valence-corrected chi connectivity index (χ1v) is 9.68. The molecule has 7 heteroatoms. The maximum absolute atomic E-state index is 13.2. The molecule has 1 fully saturated rings. The molecule has 0 unspecified atom stereocenters. The van der Waals surface area contributed by atoms with Crippen LogP contribution in [0.25, 0.3) is 11.4 Å². The van der Waals surface area contributed by atoms with Crippen molar-refractivity contribution >= 4 is 23.8 Å². The number of rotatable bonds is 6. The zero-order valence-electron chi connectivity index (χ0n) is 15.0. The molecule has 0 radical (unpaired) electrons. The molecule has 140 valence electrons. The monoisotopic (exact) mass is 402 g/mol. The molecule has 1 aliphatic carbocycles. The highest BCUT2D eigenvalue weighted by molar-refractivity contribution is 7.71. The number of benzene rings is 2. The van der Waals surface area contributed by atoms with Gasteiger partial charge in [-0.2, -0.15) is 5.10 Å². The van der Waals surface area contributed by atoms with Crippen molar-refractivity contribution in [3.63, 3.8) is 0 Å². The van der Waals surface area contributed by atoms with Crippen LogP contribution in [0, 0.1) is 10.6 Å². The summed E-state index contributed by atoms with van der Waals surface area (Å²) < 4.78 is 17.6. The molecule has 0 bridgehead atoms. The first kappa shape index (κ1) is 18.3. The van der Waals surface area contributed by atoms with Crippen LogP contribution < -0.4 is 0 Å². The quantitative estimate of drug-likeness (QED) is 0.541. The number of halogens is 2. The van der Waals surface area contributed by atoms with Crippen LogP contribution in [0.15, 0.2) is 48.5 Å². The van der Waals surface area contributed by atoms with E-state index in [1.807, 2.05) is 52.7 Å². The SMILES string of the molecule is Cn1c(-c2ccc(Cl)cc2)nn(CN(Cc2ccc(F)cc2)C2CC2)c1=S. The Morgan fingerprint density at radius 3 is 2.44 bits per heavy atom. The predicted molar refractivity (Wildman–Crippen MR) is 107 cm³/mol. The molecule has 1 aromatic heterocycles. The lowest BCUT2D eigenvalue weighted by molar-refractivity contribution is 0.186. The van der Waals surface area contributed by atoms with Crippen molar-refractivity contribution in [1.82, 2.24) is 19.2 Å². The summed E-state index contributed by atoms with van der Waals surface area (Å²) in [7, 11) is 1.93. The largest absolute Gasteiger partial charge is 0.303 e. The first-order chi connectivity index (χ1) is 13.0. The van der Waals surface area contributed by atoms with Crippen molar-refractivity contribution in [3.05, 3.63) is 69.7 Å². The molecular weight excluding hydrogens is 383 g/mol. The molecule has 4 rings (SSSR count). The van der Waals surface area contributed by atoms with E-state index in [1.54, 1.807) is 0 Å². The molecule has 4 nitrogen and oxygen atoms in total. The summed E-state index contributed by atoms with van der Waals surface area (Å²) in [5.41, 5.74) is 2.06. The minimum absolute atomic E-state index is 0.212. The van der Waals surface area contributed by atoms with E-state index in [2.05, 4.69) is 4.90 Å². The van der Waals surface area contributed by atoms with E-state index >= 15 is 0 Å². The van der Waals surface area contributed by atoms with E-state index in [0.29, 0.717) is 22.5 Å². The van der Waals surface area contributed by atoms with E-state index in [9.17, 15) is 4.39 Å². The lowest BCUT2D eigenvalue weighted by Crippen LogP contribution is -2.29. The Morgan fingerprint density at radius 1 is 1.15 bits per heavy atom. The molecular formula is C20H20ClFN4S. The number of aromatic nitrogens is 3. The molecule has 27 heavy (non-hydrogen) atoms. The van der Waals surface area contributed by atoms with Gasteiger partial charge in [0.2, 0.25) is 0 Å². The molecule has 1 aliphatic rings. The van der Waals surface area contributed by atoms with Crippen molar-refractivity contribution in [2.75, 3.05) is 0 Å². The van der Waals surface area contributed by atoms with Gasteiger partial charge in [-0.1, -0.05) is 23.7 Å². The Bertz CT molecular complexity index is 990. The fraction of sp³-hybridized carbons (Fsp3) is 0.300. The second-order valence-corrected chi connectivity index (χ2v) is 7.72. The zero-order valence-corrected chi connectivity index (χ0v) is 16.6. The molecule has 0 saturated heterocycles. The minimum atomic E-state index is -0.212. The van der Waals surface area contributed by atoms with Crippen LogP contribution in [0.5, 0.6) is 0 Å². The van der Waals surface area contributed by atoms with Gasteiger partial charge >= 0.3 is 0 Å². The van der Waals surface area contributed by atoms with Crippen molar-refractivity contribution < 1.29 is 4.39 Å². The maximum Gasteiger partial charge on any atom is 0.199 e. The third-order valence-electron chi connectivity index (χ3n) is 4.82. The minimum Gasteiger partial charge on any atom is -0.303 e. The average molecular weight is 403 g/mol. The topological polar surface area (TPSA) is 26.0 Å². The molecule has 0 amide bonds. The van der Waals surface area contributed by atoms with Crippen LogP contribution in [-0.4, -0.2) is 25.3 Å². The normalized spacial score (nSPS) is 14.1. The van der Waals surface area contributed by atoms with E-state index in [4.69, 9.17) is 28.9 Å². The van der Waals surface area contributed by atoms with E-state index < -0.39 is 0 Å². The highest BCUT2D eigenvalue weighted by atomic mass is 35.5. The van der Waals surface area contributed by atoms with Crippen LogP contribution in [0.2, 0.25) is 5.02 Å². The van der Waals surface area contributed by atoms with Gasteiger partial charge in [-0.05, 0) is 67.0 Å². The van der Waals surface area contributed by atoms with Crippen molar-refractivity contribution in [2.45, 2.75) is 32.1 Å². The van der Waals surface area contributed by atoms with Crippen LogP contribution in [0.1, 0.15) is 18.4 Å². The Labute approximate surface area is 167 Å². The molecule has 2 aromatic carbocycles. The van der Waals surface area contributed by atoms with Crippen LogP contribution in [0.3, 0.4) is 0 Å². The van der Waals surface area contributed by atoms with Crippen LogP contribution in [-0.2, 0) is 20.3 Å². The Kier molecular flexibility index (Phi) is 5.12. The van der Waals surface area contributed by atoms with Gasteiger partial charge in [-0.3, -0.25) is 4.90 Å². The molecule has 1 saturated carbocycles. The van der Waals surface area contributed by atoms with Crippen LogP contribution >= 0.6 is 23.8 Å². The van der Waals surface area contributed by atoms with Gasteiger partial charge in [0.15, 0.2) is 10.6 Å². The Balaban J connectivity index is 1.58. The average Bonchev–Trinajstić information content (AvgIpc) is 3.47. The fourth-order valence-electron chi connectivity index (χ4n) is 3.16. The number of hydrogen-bond donors (Lipinski definition) is 0. The molecule has 3 aromatic rings. The van der Waals surface area contributed by atoms with Gasteiger partial charge < -0.3 is 4.57 Å². The number of nitrogens with zero attached hydrogens (tertiary/aromatic N) is 4. The lowest BCUT2D eigenvalue weighted by Gasteiger charge is -2.21. The van der Waals surface area contributed by atoms with Crippen molar-refractivity contribution in [1.29, 1.82) is 0 Å². The van der Waals surface area contributed by atoms with E-state index in [0.717, 1.165) is 23.5 Å². The summed E-state index contributed by atoms with van der Waals surface area (Å²) >= 11 is 11.6. The standard InChI is InChI=1S/C20H20ClFN4S/c1-24-19(15-4-6-16(21)7-5-15)23-26(20(24)27)13-25(18-10-11-18)12-14-2-8-17(22)9-3-14/h2-9,18H,10-13H2,1H3. The summed E-state index contributed by atoms with van der Waals surface area (Å²) in [5.74, 6) is 0.602. The van der Waals surface area contributed by atoms with E-state index in [1.165, 1.54) is 25.0 Å². The summed E-state index contributed by atoms with van der Waals surface area (Å²) in [6, 6.07) is 14.8. The summed E-state index contributed by atoms with van der Waals surface area (Å²) in [4.78, 5) is 2.35. The highest BCUT2D eigenvalue weighted by Gasteiger charge is 2.29. The second-order valence-electron chi connectivity index (χ2n) is 6.92. The third kappa shape index (κ3) is 4.13. The highest BCUT2D eigenvalue weighted by Crippen LogP contribution is 2.29. The predicted octanol–water partition coefficient (Wildman–Crippen LogP) is 5.03. The van der Waals surface area contributed by atoms with Gasteiger partial charge in [0, 0.05) is 30.2 Å². The van der Waals surface area contributed by atoms with Gasteiger partial charge in [0.1, 0.15) is 5.82 Å². The first-order valence-electron chi connectivity index (χ1n) is 8.89. The zero-order chi connectivity index (χ0) is 19.0. The molecule has 1 heterocycles. The van der Waals surface area contributed by atoms with Crippen LogP contribution in [0.4, 0.5) is 4.39 Å². The van der Waals surface area contributed by atoms with Gasteiger partial charge in [-0.25, -0.2) is 9.07 Å². The Morgan fingerprint density at radius 2 is 1.81 bits per heavy atom. The fourth-order valence-corrected chi connectivity index (χ4v) is 3.47. The Hall–Kier alpha value is -2.02. The molecule has 0 aliphatic heterocycles. The smallest absolute Gasteiger partial charge is 0.199 e. The maximum atomic E-state index is 13.2. The number of hydrogen-bond acceptors (Lipinski definition) is 3. The van der Waals surface area contributed by atoms with E-state index in [-0.39, 0.29) is 5.82 Å². The van der Waals surface area contributed by atoms with Crippen molar-refractivity contribution in [3.8, 4) is 11.4 Å². The summed E-state index contributed by atoms with van der Waals surface area (Å²) in [6.45, 7) is 1.36. The van der Waals surface area contributed by atoms with Gasteiger partial charge in [-0.15, -0.1) is 0 Å². The summed E-state index contributed by atoms with van der Waals surface area (Å²) in [5, 5.41) is 5.44. The summed E-state index contributed by atoms with van der Waals surface area (Å²) in [6.07, 6.45) is 2.34. The third-order valence-corrected chi connectivity index (χ3v) is 5.56.